The van der Waals surface area contributed by atoms with Crippen LogP contribution >= 0.6 is 0 Å². The zero-order chi connectivity index (χ0) is 14.4. The molecular weight excluding hydrogens is 264 g/mol. The Morgan fingerprint density at radius 3 is 2.75 bits per heavy atom. The summed E-state index contributed by atoms with van der Waals surface area (Å²) in [6, 6.07) is 0. The zero-order valence-corrected chi connectivity index (χ0v) is 10.8. The normalized spacial score (nSPS) is 30.2. The van der Waals surface area contributed by atoms with E-state index in [9.17, 15) is 10.2 Å². The Bertz CT molecular complexity index is 644. The maximum atomic E-state index is 10.1. The molecule has 108 valence electrons. The van der Waals surface area contributed by atoms with Gasteiger partial charge in [-0.05, 0) is 6.92 Å². The van der Waals surface area contributed by atoms with E-state index in [0.717, 1.165) is 0 Å². The summed E-state index contributed by atoms with van der Waals surface area (Å²) in [5.74, 6) is 0.745. The highest BCUT2D eigenvalue weighted by Crippen LogP contribution is 2.31. The standard InChI is InChI=1S/C11H16N6O3/c1-4-15-9(13)6-10(16-4)17(3-14-6)11-8(19)7(18)5(2-12)20-11/h3,5,7-8,11,18-19H,2,12H2,1H3,(H2,13,15,16)/t5-,7+,8+,11-/m1/s1. The van der Waals surface area contributed by atoms with Crippen LogP contribution in [0.4, 0.5) is 5.82 Å². The van der Waals surface area contributed by atoms with Crippen LogP contribution < -0.4 is 11.5 Å². The molecule has 0 bridgehead atoms. The summed E-state index contributed by atoms with van der Waals surface area (Å²) in [6.45, 7) is 1.81. The molecule has 0 radical (unpaired) electrons. The fourth-order valence-corrected chi connectivity index (χ4v) is 2.39. The second kappa shape index (κ2) is 4.63. The Balaban J connectivity index is 2.07. The number of rotatable bonds is 2. The van der Waals surface area contributed by atoms with Crippen molar-refractivity contribution in [3.8, 4) is 0 Å². The Labute approximate surface area is 114 Å². The van der Waals surface area contributed by atoms with Gasteiger partial charge in [0.05, 0.1) is 6.33 Å². The van der Waals surface area contributed by atoms with E-state index in [2.05, 4.69) is 15.0 Å². The van der Waals surface area contributed by atoms with Gasteiger partial charge in [0, 0.05) is 6.54 Å². The first-order valence-electron chi connectivity index (χ1n) is 6.21. The van der Waals surface area contributed by atoms with Gasteiger partial charge in [-0.1, -0.05) is 0 Å². The fraction of sp³-hybridized carbons (Fsp3) is 0.545. The van der Waals surface area contributed by atoms with Gasteiger partial charge in [0.25, 0.3) is 0 Å². The molecule has 1 aliphatic rings. The van der Waals surface area contributed by atoms with Crippen LogP contribution in [-0.4, -0.2) is 54.6 Å². The van der Waals surface area contributed by atoms with Crippen molar-refractivity contribution >= 4 is 17.0 Å². The van der Waals surface area contributed by atoms with Crippen molar-refractivity contribution in [1.82, 2.24) is 19.5 Å². The van der Waals surface area contributed by atoms with E-state index < -0.39 is 24.5 Å². The number of aliphatic hydroxyl groups is 2. The number of hydrogen-bond acceptors (Lipinski definition) is 8. The van der Waals surface area contributed by atoms with Crippen LogP contribution in [0.1, 0.15) is 12.1 Å². The van der Waals surface area contributed by atoms with Crippen LogP contribution in [0.15, 0.2) is 6.33 Å². The number of imidazole rings is 1. The van der Waals surface area contributed by atoms with Gasteiger partial charge in [0.15, 0.2) is 17.7 Å². The van der Waals surface area contributed by atoms with E-state index in [1.165, 1.54) is 10.9 Å². The van der Waals surface area contributed by atoms with Gasteiger partial charge in [-0.3, -0.25) is 4.57 Å². The van der Waals surface area contributed by atoms with E-state index in [1.54, 1.807) is 6.92 Å². The van der Waals surface area contributed by atoms with E-state index in [-0.39, 0.29) is 12.4 Å². The molecule has 20 heavy (non-hydrogen) atoms. The number of fused-ring (bicyclic) bond motifs is 1. The van der Waals surface area contributed by atoms with Gasteiger partial charge < -0.3 is 26.4 Å². The van der Waals surface area contributed by atoms with Crippen LogP contribution in [0.25, 0.3) is 11.2 Å². The predicted molar refractivity (Wildman–Crippen MR) is 69.5 cm³/mol. The molecule has 1 saturated heterocycles. The number of nitrogens with zero attached hydrogens (tertiary/aromatic N) is 4. The molecule has 0 spiro atoms. The Kier molecular flexibility index (Phi) is 3.05. The van der Waals surface area contributed by atoms with Crippen molar-refractivity contribution in [2.24, 2.45) is 5.73 Å². The monoisotopic (exact) mass is 280 g/mol. The van der Waals surface area contributed by atoms with Crippen molar-refractivity contribution in [2.45, 2.75) is 31.5 Å². The third-order valence-electron chi connectivity index (χ3n) is 3.40. The Hall–Kier alpha value is -1.81. The van der Waals surface area contributed by atoms with Crippen LogP contribution in [0.5, 0.6) is 0 Å². The topological polar surface area (TPSA) is 145 Å². The van der Waals surface area contributed by atoms with Crippen LogP contribution in [-0.2, 0) is 4.74 Å². The maximum absolute atomic E-state index is 10.1. The maximum Gasteiger partial charge on any atom is 0.167 e. The summed E-state index contributed by atoms with van der Waals surface area (Å²) in [6.07, 6.45) is -2.15. The molecule has 0 saturated carbocycles. The minimum Gasteiger partial charge on any atom is -0.387 e. The second-order valence-corrected chi connectivity index (χ2v) is 4.76. The van der Waals surface area contributed by atoms with E-state index in [1.807, 2.05) is 0 Å². The molecule has 1 aliphatic heterocycles. The minimum absolute atomic E-state index is 0.109. The van der Waals surface area contributed by atoms with Gasteiger partial charge in [0.2, 0.25) is 0 Å². The van der Waals surface area contributed by atoms with Crippen LogP contribution in [0.2, 0.25) is 0 Å². The van der Waals surface area contributed by atoms with Crippen molar-refractivity contribution in [3.63, 3.8) is 0 Å². The summed E-state index contributed by atoms with van der Waals surface area (Å²) in [5.41, 5.74) is 12.2. The molecule has 0 unspecified atom stereocenters. The molecule has 4 atom stereocenters. The van der Waals surface area contributed by atoms with Gasteiger partial charge in [-0.2, -0.15) is 0 Å². The lowest BCUT2D eigenvalue weighted by Gasteiger charge is -2.16. The SMILES string of the molecule is Cc1nc(N)c2ncn([C@@H]3O[C@H](CN)[C@H](O)[C@@H]3O)c2n1. The zero-order valence-electron chi connectivity index (χ0n) is 10.8. The van der Waals surface area contributed by atoms with Gasteiger partial charge in [-0.15, -0.1) is 0 Å². The van der Waals surface area contributed by atoms with Gasteiger partial charge >= 0.3 is 0 Å². The average molecular weight is 280 g/mol. The molecule has 0 aromatic carbocycles. The summed E-state index contributed by atoms with van der Waals surface area (Å²) < 4.78 is 7.10. The lowest BCUT2D eigenvalue weighted by Crippen LogP contribution is -2.35. The quantitative estimate of drug-likeness (QED) is 0.509. The molecule has 9 nitrogen and oxygen atoms in total. The fourth-order valence-electron chi connectivity index (χ4n) is 2.39. The summed E-state index contributed by atoms with van der Waals surface area (Å²) in [4.78, 5) is 12.4. The molecule has 0 aliphatic carbocycles. The Morgan fingerprint density at radius 2 is 2.10 bits per heavy atom. The molecule has 9 heteroatoms. The van der Waals surface area contributed by atoms with E-state index >= 15 is 0 Å². The largest absolute Gasteiger partial charge is 0.387 e. The molecule has 1 fully saturated rings. The molecule has 3 heterocycles. The number of aliphatic hydroxyl groups excluding tert-OH is 2. The number of anilines is 1. The third kappa shape index (κ3) is 1.83. The summed E-state index contributed by atoms with van der Waals surface area (Å²) in [7, 11) is 0. The van der Waals surface area contributed by atoms with Crippen LogP contribution in [0, 0.1) is 6.92 Å². The molecule has 0 amide bonds. The number of hydrogen-bond donors (Lipinski definition) is 4. The molecule has 2 aromatic heterocycles. The Morgan fingerprint density at radius 1 is 1.35 bits per heavy atom. The van der Waals surface area contributed by atoms with Gasteiger partial charge in [-0.25, -0.2) is 15.0 Å². The number of aromatic nitrogens is 4. The van der Waals surface area contributed by atoms with Crippen molar-refractivity contribution in [3.05, 3.63) is 12.2 Å². The number of nitrogen functional groups attached to an aromatic ring is 1. The predicted octanol–water partition coefficient (Wildman–Crippen LogP) is -1.71. The first kappa shape index (κ1) is 13.2. The number of nitrogens with two attached hydrogens (primary N) is 2. The highest BCUT2D eigenvalue weighted by molar-refractivity contribution is 5.81. The highest BCUT2D eigenvalue weighted by Gasteiger charge is 2.43. The lowest BCUT2D eigenvalue weighted by molar-refractivity contribution is -0.0322. The highest BCUT2D eigenvalue weighted by atomic mass is 16.6. The molecule has 2 aromatic rings. The van der Waals surface area contributed by atoms with Crippen molar-refractivity contribution in [1.29, 1.82) is 0 Å². The molecule has 3 rings (SSSR count). The minimum atomic E-state index is -1.11. The summed E-state index contributed by atoms with van der Waals surface area (Å²) >= 11 is 0. The van der Waals surface area contributed by atoms with Crippen molar-refractivity contribution < 1.29 is 14.9 Å². The third-order valence-corrected chi connectivity index (χ3v) is 3.40. The van der Waals surface area contributed by atoms with Crippen molar-refractivity contribution in [2.75, 3.05) is 12.3 Å². The number of aryl methyl sites for hydroxylation is 1. The molecule has 6 N–H and O–H groups in total. The van der Waals surface area contributed by atoms with E-state index in [4.69, 9.17) is 16.2 Å². The van der Waals surface area contributed by atoms with Gasteiger partial charge in [0.1, 0.15) is 29.7 Å². The first-order valence-corrected chi connectivity index (χ1v) is 6.21. The lowest BCUT2D eigenvalue weighted by atomic mass is 10.1. The smallest absolute Gasteiger partial charge is 0.167 e. The second-order valence-electron chi connectivity index (χ2n) is 4.76. The molecular formula is C11H16N6O3. The van der Waals surface area contributed by atoms with E-state index in [0.29, 0.717) is 17.0 Å². The van der Waals surface area contributed by atoms with Crippen LogP contribution in [0.3, 0.4) is 0 Å². The summed E-state index contributed by atoms with van der Waals surface area (Å²) in [5, 5.41) is 19.9. The first-order chi connectivity index (χ1) is 9.52. The number of ether oxygens (including phenoxy) is 1. The average Bonchev–Trinajstić information content (AvgIpc) is 2.93.